The number of benzene rings is 1. The van der Waals surface area contributed by atoms with Gasteiger partial charge in [0.15, 0.2) is 5.82 Å². The summed E-state index contributed by atoms with van der Waals surface area (Å²) in [5.74, 6) is 0.496. The average Bonchev–Trinajstić information content (AvgIpc) is 3.01. The van der Waals surface area contributed by atoms with Crippen molar-refractivity contribution in [1.82, 2.24) is 15.5 Å². The topological polar surface area (TPSA) is 101 Å². The van der Waals surface area contributed by atoms with Gasteiger partial charge < -0.3 is 9.26 Å². The zero-order valence-corrected chi connectivity index (χ0v) is 13.2. The Morgan fingerprint density at radius 3 is 2.87 bits per heavy atom. The minimum absolute atomic E-state index is 0.276. The third-order valence-electron chi connectivity index (χ3n) is 3.42. The van der Waals surface area contributed by atoms with Crippen molar-refractivity contribution in [2.45, 2.75) is 32.4 Å². The molecular formula is C16H18N4O3. The number of carbonyl (C=O) groups excluding carboxylic acids is 1. The molecule has 23 heavy (non-hydrogen) atoms. The smallest absolute Gasteiger partial charge is 0.327 e. The number of nitriles is 1. The molecule has 0 aliphatic rings. The molecule has 0 aliphatic carbocycles. The first kappa shape index (κ1) is 16.6. The number of nitrogens with zero attached hydrogens (tertiary/aromatic N) is 3. The monoisotopic (exact) mass is 314 g/mol. The second kappa shape index (κ2) is 7.51. The van der Waals surface area contributed by atoms with Crippen LogP contribution in [-0.4, -0.2) is 23.2 Å². The van der Waals surface area contributed by atoms with Gasteiger partial charge in [-0.05, 0) is 24.1 Å². The lowest BCUT2D eigenvalue weighted by atomic mass is 10.0. The van der Waals surface area contributed by atoms with E-state index < -0.39 is 12.0 Å². The van der Waals surface area contributed by atoms with Crippen LogP contribution in [0.15, 0.2) is 28.8 Å². The summed E-state index contributed by atoms with van der Waals surface area (Å²) in [6.07, 6.45) is 0.657. The van der Waals surface area contributed by atoms with Crippen LogP contribution in [0.3, 0.4) is 0 Å². The van der Waals surface area contributed by atoms with Crippen LogP contribution in [0.5, 0.6) is 0 Å². The summed E-state index contributed by atoms with van der Waals surface area (Å²) in [6.45, 7) is 3.65. The summed E-state index contributed by atoms with van der Waals surface area (Å²) in [5.41, 5.74) is 1.12. The van der Waals surface area contributed by atoms with E-state index in [1.54, 1.807) is 31.2 Å². The normalized spacial score (nSPS) is 13.1. The lowest BCUT2D eigenvalue weighted by Gasteiger charge is -2.21. The highest BCUT2D eigenvalue weighted by Crippen LogP contribution is 2.22. The summed E-state index contributed by atoms with van der Waals surface area (Å²) in [6, 6.07) is 7.89. The largest absolute Gasteiger partial charge is 0.468 e. The van der Waals surface area contributed by atoms with Crippen LogP contribution in [0.1, 0.15) is 48.3 Å². The molecule has 1 heterocycles. The van der Waals surface area contributed by atoms with Gasteiger partial charge >= 0.3 is 5.97 Å². The Bertz CT molecular complexity index is 720. The van der Waals surface area contributed by atoms with Crippen LogP contribution in [0, 0.1) is 18.3 Å². The second-order valence-electron chi connectivity index (χ2n) is 4.99. The van der Waals surface area contributed by atoms with E-state index in [9.17, 15) is 4.79 Å². The molecule has 0 radical (unpaired) electrons. The number of hydrogen-bond donors (Lipinski definition) is 1. The fourth-order valence-electron chi connectivity index (χ4n) is 2.24. The van der Waals surface area contributed by atoms with Crippen LogP contribution in [0.4, 0.5) is 0 Å². The fourth-order valence-corrected chi connectivity index (χ4v) is 2.24. The molecule has 0 fully saturated rings. The molecular weight excluding hydrogens is 296 g/mol. The van der Waals surface area contributed by atoms with E-state index in [1.165, 1.54) is 7.11 Å². The van der Waals surface area contributed by atoms with Gasteiger partial charge in [0.25, 0.3) is 0 Å². The molecule has 0 saturated carbocycles. The van der Waals surface area contributed by atoms with Crippen molar-refractivity contribution < 1.29 is 14.1 Å². The van der Waals surface area contributed by atoms with Crippen LogP contribution in [0.25, 0.3) is 0 Å². The zero-order valence-electron chi connectivity index (χ0n) is 13.2. The molecule has 0 amide bonds. The number of esters is 1. The van der Waals surface area contributed by atoms with E-state index in [2.05, 4.69) is 21.5 Å². The van der Waals surface area contributed by atoms with Crippen molar-refractivity contribution in [2.24, 2.45) is 0 Å². The first-order valence-corrected chi connectivity index (χ1v) is 7.23. The molecule has 7 heteroatoms. The van der Waals surface area contributed by atoms with Crippen molar-refractivity contribution in [1.29, 1.82) is 5.26 Å². The number of methoxy groups -OCH3 is 1. The Morgan fingerprint density at radius 2 is 2.30 bits per heavy atom. The number of hydrogen-bond acceptors (Lipinski definition) is 7. The van der Waals surface area contributed by atoms with Gasteiger partial charge in [0.2, 0.25) is 5.89 Å². The summed E-state index contributed by atoms with van der Waals surface area (Å²) in [4.78, 5) is 16.4. The number of ether oxygens (including phenoxy) is 1. The van der Waals surface area contributed by atoms with Gasteiger partial charge in [-0.25, -0.2) is 4.79 Å². The highest BCUT2D eigenvalue weighted by Gasteiger charge is 2.27. The van der Waals surface area contributed by atoms with Crippen molar-refractivity contribution in [3.63, 3.8) is 0 Å². The molecule has 1 aromatic heterocycles. The average molecular weight is 314 g/mol. The van der Waals surface area contributed by atoms with Crippen LogP contribution in [-0.2, 0) is 9.53 Å². The summed E-state index contributed by atoms with van der Waals surface area (Å²) < 4.78 is 9.88. The Labute approximate surface area is 134 Å². The number of carbonyl (C=O) groups is 1. The van der Waals surface area contributed by atoms with Gasteiger partial charge in [0.05, 0.1) is 24.8 Å². The number of aromatic nitrogens is 2. The summed E-state index contributed by atoms with van der Waals surface area (Å²) in [7, 11) is 1.32. The van der Waals surface area contributed by atoms with Gasteiger partial charge in [-0.15, -0.1) is 0 Å². The van der Waals surface area contributed by atoms with Crippen molar-refractivity contribution in [2.75, 3.05) is 7.11 Å². The molecule has 2 atom stereocenters. The number of rotatable bonds is 6. The van der Waals surface area contributed by atoms with Crippen LogP contribution >= 0.6 is 0 Å². The molecule has 0 unspecified atom stereocenters. The predicted octanol–water partition coefficient (Wildman–Crippen LogP) is 2.20. The molecule has 0 bridgehead atoms. The van der Waals surface area contributed by atoms with Crippen LogP contribution < -0.4 is 5.32 Å². The Balaban J connectivity index is 2.31. The second-order valence-corrected chi connectivity index (χ2v) is 4.99. The maximum absolute atomic E-state index is 12.2. The summed E-state index contributed by atoms with van der Waals surface area (Å²) in [5, 5.41) is 16.1. The maximum Gasteiger partial charge on any atom is 0.327 e. The molecule has 0 spiro atoms. The predicted molar refractivity (Wildman–Crippen MR) is 81.1 cm³/mol. The zero-order chi connectivity index (χ0) is 16.8. The SMILES string of the molecule is CC[C@@H](N[C@H](C(=O)OC)c1cccc(C#N)c1)c1noc(C)n1. The Morgan fingerprint density at radius 1 is 1.52 bits per heavy atom. The minimum atomic E-state index is -0.725. The van der Waals surface area contributed by atoms with Crippen LogP contribution in [0.2, 0.25) is 0 Å². The standard InChI is InChI=1S/C16H18N4O3/c1-4-13(15-18-10(2)23-20-15)19-14(16(21)22-3)12-7-5-6-11(8-12)9-17/h5-8,13-14,19H,4H2,1-3H3/t13-,14+/m1/s1. The van der Waals surface area contributed by atoms with Gasteiger partial charge in [-0.1, -0.05) is 24.2 Å². The molecule has 1 aromatic carbocycles. The van der Waals surface area contributed by atoms with Crippen molar-refractivity contribution in [3.05, 3.63) is 47.1 Å². The quantitative estimate of drug-likeness (QED) is 0.815. The Hall–Kier alpha value is -2.72. The van der Waals surface area contributed by atoms with E-state index in [1.807, 2.05) is 6.92 Å². The maximum atomic E-state index is 12.2. The van der Waals surface area contributed by atoms with Gasteiger partial charge in [0, 0.05) is 6.92 Å². The fraction of sp³-hybridized carbons (Fsp3) is 0.375. The molecule has 120 valence electrons. The number of nitrogens with one attached hydrogen (secondary N) is 1. The summed E-state index contributed by atoms with van der Waals surface area (Å²) >= 11 is 0. The van der Waals surface area contributed by atoms with E-state index >= 15 is 0 Å². The molecule has 7 nitrogen and oxygen atoms in total. The molecule has 0 saturated heterocycles. The van der Waals surface area contributed by atoms with Gasteiger partial charge in [-0.3, -0.25) is 5.32 Å². The van der Waals surface area contributed by atoms with Crippen molar-refractivity contribution in [3.8, 4) is 6.07 Å². The van der Waals surface area contributed by atoms with E-state index in [0.29, 0.717) is 29.3 Å². The van der Waals surface area contributed by atoms with Gasteiger partial charge in [0.1, 0.15) is 6.04 Å². The highest BCUT2D eigenvalue weighted by atomic mass is 16.5. The van der Waals surface area contributed by atoms with Gasteiger partial charge in [-0.2, -0.15) is 10.2 Å². The molecule has 2 rings (SSSR count). The molecule has 2 aromatic rings. The molecule has 1 N–H and O–H groups in total. The number of aryl methyl sites for hydroxylation is 1. The van der Waals surface area contributed by atoms with E-state index in [4.69, 9.17) is 14.5 Å². The minimum Gasteiger partial charge on any atom is -0.468 e. The lowest BCUT2D eigenvalue weighted by molar-refractivity contribution is -0.143. The van der Waals surface area contributed by atoms with E-state index in [-0.39, 0.29) is 6.04 Å². The lowest BCUT2D eigenvalue weighted by Crippen LogP contribution is -2.33. The highest BCUT2D eigenvalue weighted by molar-refractivity contribution is 5.77. The Kier molecular flexibility index (Phi) is 5.44. The third kappa shape index (κ3) is 3.93. The first-order valence-electron chi connectivity index (χ1n) is 7.23. The van der Waals surface area contributed by atoms with Crippen molar-refractivity contribution >= 4 is 5.97 Å². The molecule has 0 aliphatic heterocycles. The third-order valence-corrected chi connectivity index (χ3v) is 3.42. The van der Waals surface area contributed by atoms with E-state index in [0.717, 1.165) is 0 Å². The first-order chi connectivity index (χ1) is 11.1.